The van der Waals surface area contributed by atoms with E-state index in [2.05, 4.69) is 40.7 Å². The van der Waals surface area contributed by atoms with E-state index in [0.717, 1.165) is 55.3 Å². The van der Waals surface area contributed by atoms with Crippen LogP contribution >= 0.6 is 0 Å². The van der Waals surface area contributed by atoms with Gasteiger partial charge < -0.3 is 10.2 Å². The zero-order valence-corrected chi connectivity index (χ0v) is 21.1. The van der Waals surface area contributed by atoms with Crippen molar-refractivity contribution in [3.05, 3.63) is 11.6 Å². The Balaban J connectivity index is 1.36. The summed E-state index contributed by atoms with van der Waals surface area (Å²) in [6, 6.07) is 0. The summed E-state index contributed by atoms with van der Waals surface area (Å²) in [4.78, 5) is 0. The Morgan fingerprint density at radius 1 is 1.06 bits per heavy atom. The number of allylic oxidation sites excluding steroid dienone is 1. The molecule has 0 heterocycles. The summed E-state index contributed by atoms with van der Waals surface area (Å²) in [7, 11) is 0. The van der Waals surface area contributed by atoms with Crippen LogP contribution < -0.4 is 0 Å². The normalized spacial score (nSPS) is 43.6. The summed E-state index contributed by atoms with van der Waals surface area (Å²) >= 11 is 0. The lowest BCUT2D eigenvalue weighted by molar-refractivity contribution is -0.0408. The van der Waals surface area contributed by atoms with E-state index in [9.17, 15) is 10.2 Å². The third-order valence-corrected chi connectivity index (χ3v) is 10.7. The van der Waals surface area contributed by atoms with Gasteiger partial charge >= 0.3 is 0 Å². The van der Waals surface area contributed by atoms with E-state index in [1.165, 1.54) is 57.8 Å². The number of unbranched alkanes of at least 4 members (excludes halogenated alkanes) is 1. The van der Waals surface area contributed by atoms with Crippen LogP contribution in [-0.4, -0.2) is 21.9 Å². The molecule has 0 saturated heterocycles. The van der Waals surface area contributed by atoms with Crippen molar-refractivity contribution in [3.8, 4) is 0 Å². The van der Waals surface area contributed by atoms with Crippen LogP contribution in [0.4, 0.5) is 0 Å². The third-order valence-electron chi connectivity index (χ3n) is 10.7. The summed E-state index contributed by atoms with van der Waals surface area (Å²) in [6.07, 6.45) is 18.3. The molecule has 8 atom stereocenters. The highest BCUT2D eigenvalue weighted by Gasteiger charge is 2.55. The summed E-state index contributed by atoms with van der Waals surface area (Å²) < 4.78 is 0. The number of hydrogen-bond acceptors (Lipinski definition) is 2. The molecule has 0 amide bonds. The van der Waals surface area contributed by atoms with E-state index in [1.54, 1.807) is 5.57 Å². The quantitative estimate of drug-likeness (QED) is 0.343. The average Bonchev–Trinajstić information content (AvgIpc) is 3.06. The molecule has 0 bridgehead atoms. The summed E-state index contributed by atoms with van der Waals surface area (Å²) in [6.45, 7) is 11.3. The molecule has 0 aromatic carbocycles. The molecule has 3 saturated carbocycles. The maximum atomic E-state index is 10.9. The topological polar surface area (TPSA) is 40.5 Å². The minimum atomic E-state index is -0.419. The van der Waals surface area contributed by atoms with E-state index in [-0.39, 0.29) is 11.5 Å². The first kappa shape index (κ1) is 23.8. The van der Waals surface area contributed by atoms with Crippen molar-refractivity contribution < 1.29 is 10.2 Å². The fraction of sp³-hybridized carbons (Fsp3) is 0.931. The fourth-order valence-electron chi connectivity index (χ4n) is 8.41. The molecule has 2 N–H and O–H groups in total. The third kappa shape index (κ3) is 4.54. The van der Waals surface area contributed by atoms with E-state index < -0.39 is 5.60 Å². The molecule has 31 heavy (non-hydrogen) atoms. The molecule has 0 aromatic rings. The van der Waals surface area contributed by atoms with Gasteiger partial charge in [-0.15, -0.1) is 0 Å². The fourth-order valence-corrected chi connectivity index (χ4v) is 8.41. The second-order valence-corrected chi connectivity index (χ2v) is 13.3. The molecule has 4 rings (SSSR count). The average molecular weight is 431 g/mol. The van der Waals surface area contributed by atoms with Crippen molar-refractivity contribution in [3.63, 3.8) is 0 Å². The smallest absolute Gasteiger partial charge is 0.0682 e. The maximum Gasteiger partial charge on any atom is 0.0682 e. The Morgan fingerprint density at radius 2 is 1.84 bits per heavy atom. The van der Waals surface area contributed by atoms with Gasteiger partial charge in [-0.05, 0) is 111 Å². The zero-order chi connectivity index (χ0) is 22.4. The number of aliphatic hydroxyl groups excluding tert-OH is 1. The van der Waals surface area contributed by atoms with Gasteiger partial charge in [0.2, 0.25) is 0 Å². The molecule has 0 radical (unpaired) electrons. The highest BCUT2D eigenvalue weighted by Crippen LogP contribution is 2.64. The molecule has 0 spiro atoms. The highest BCUT2D eigenvalue weighted by molar-refractivity contribution is 5.21. The van der Waals surface area contributed by atoms with Crippen molar-refractivity contribution >= 4 is 0 Å². The molecule has 3 fully saturated rings. The Hall–Kier alpha value is -0.340. The second-order valence-electron chi connectivity index (χ2n) is 13.3. The standard InChI is InChI=1S/C29H50O2/c1-6-29(31)18-16-22-20(19-29)11-13-24-23(22)15-17-28(5)21(12-14-25(24)28)9-7-8-10-26(30)27(2,3)4/h11,21-26,30-31H,6-10,12-19H2,1-5H3/t21-,22-,23+,24+,25-,26-,28+,29-/m0/s1. The number of hydrogen-bond donors (Lipinski definition) is 2. The Kier molecular flexibility index (Phi) is 6.75. The van der Waals surface area contributed by atoms with Gasteiger partial charge in [0.05, 0.1) is 11.7 Å². The molecule has 178 valence electrons. The zero-order valence-electron chi connectivity index (χ0n) is 21.1. The highest BCUT2D eigenvalue weighted by atomic mass is 16.3. The Morgan fingerprint density at radius 3 is 2.55 bits per heavy atom. The molecule has 2 nitrogen and oxygen atoms in total. The minimum absolute atomic E-state index is 0.0160. The van der Waals surface area contributed by atoms with Crippen LogP contribution in [0.1, 0.15) is 118 Å². The van der Waals surface area contributed by atoms with Crippen molar-refractivity contribution in [2.45, 2.75) is 130 Å². The Bertz CT molecular complexity index is 660. The van der Waals surface area contributed by atoms with Crippen LogP contribution in [0.2, 0.25) is 0 Å². The monoisotopic (exact) mass is 430 g/mol. The van der Waals surface area contributed by atoms with Crippen LogP contribution in [0, 0.1) is 40.4 Å². The van der Waals surface area contributed by atoms with Gasteiger partial charge in [0.25, 0.3) is 0 Å². The lowest BCUT2D eigenvalue weighted by atomic mass is 9.51. The van der Waals surface area contributed by atoms with Gasteiger partial charge in [0, 0.05) is 0 Å². The molecule has 4 aliphatic rings. The van der Waals surface area contributed by atoms with Gasteiger partial charge in [-0.1, -0.05) is 59.1 Å². The molecular formula is C29H50O2. The molecule has 0 aliphatic heterocycles. The molecule has 0 unspecified atom stereocenters. The molecule has 0 aromatic heterocycles. The number of aliphatic hydroxyl groups is 2. The number of rotatable bonds is 6. The predicted molar refractivity (Wildman–Crippen MR) is 130 cm³/mol. The van der Waals surface area contributed by atoms with Gasteiger partial charge in [0.1, 0.15) is 0 Å². The first-order valence-electron chi connectivity index (χ1n) is 13.7. The van der Waals surface area contributed by atoms with Crippen LogP contribution in [-0.2, 0) is 0 Å². The van der Waals surface area contributed by atoms with E-state index in [1.807, 2.05) is 0 Å². The summed E-state index contributed by atoms with van der Waals surface area (Å²) in [5.74, 6) is 4.37. The van der Waals surface area contributed by atoms with Crippen LogP contribution in [0.3, 0.4) is 0 Å². The summed E-state index contributed by atoms with van der Waals surface area (Å²) in [5.41, 5.74) is 1.76. The van der Waals surface area contributed by atoms with Crippen molar-refractivity contribution in [1.82, 2.24) is 0 Å². The van der Waals surface area contributed by atoms with Crippen LogP contribution in [0.25, 0.3) is 0 Å². The van der Waals surface area contributed by atoms with Gasteiger partial charge in [-0.3, -0.25) is 0 Å². The largest absolute Gasteiger partial charge is 0.393 e. The predicted octanol–water partition coefficient (Wildman–Crippen LogP) is 7.28. The maximum absolute atomic E-state index is 10.9. The lowest BCUT2D eigenvalue weighted by Crippen LogP contribution is -2.47. The Labute approximate surface area is 192 Å². The number of fused-ring (bicyclic) bond motifs is 5. The van der Waals surface area contributed by atoms with Crippen molar-refractivity contribution in [2.24, 2.45) is 40.4 Å². The molecule has 4 aliphatic carbocycles. The minimum Gasteiger partial charge on any atom is -0.393 e. The SMILES string of the molecule is CC[C@]1(O)CC[C@H]2C(=CC[C@@H]3[C@@H]2CC[C@]2(C)[C@@H](CCCC[C@H](O)C(C)(C)C)CC[C@@H]32)C1. The van der Waals surface area contributed by atoms with Crippen molar-refractivity contribution in [2.75, 3.05) is 0 Å². The molecule has 2 heteroatoms. The van der Waals surface area contributed by atoms with Gasteiger partial charge in [-0.2, -0.15) is 0 Å². The van der Waals surface area contributed by atoms with Crippen LogP contribution in [0.5, 0.6) is 0 Å². The summed E-state index contributed by atoms with van der Waals surface area (Å²) in [5, 5.41) is 21.2. The van der Waals surface area contributed by atoms with E-state index in [0.29, 0.717) is 5.41 Å². The van der Waals surface area contributed by atoms with Crippen molar-refractivity contribution in [1.29, 1.82) is 0 Å². The van der Waals surface area contributed by atoms with Crippen LogP contribution in [0.15, 0.2) is 11.6 Å². The molecular weight excluding hydrogens is 380 g/mol. The second kappa shape index (κ2) is 8.79. The first-order valence-corrected chi connectivity index (χ1v) is 13.7. The van der Waals surface area contributed by atoms with E-state index in [4.69, 9.17) is 0 Å². The van der Waals surface area contributed by atoms with Gasteiger partial charge in [0.15, 0.2) is 0 Å². The first-order chi connectivity index (χ1) is 14.6. The van der Waals surface area contributed by atoms with E-state index >= 15 is 0 Å². The lowest BCUT2D eigenvalue weighted by Gasteiger charge is -2.54. The van der Waals surface area contributed by atoms with Gasteiger partial charge in [-0.25, -0.2) is 0 Å².